The normalized spacial score (nSPS) is 11.1. The highest BCUT2D eigenvalue weighted by Gasteiger charge is 2.08. The minimum atomic E-state index is 1.03. The molecule has 0 amide bonds. The van der Waals surface area contributed by atoms with Crippen molar-refractivity contribution < 1.29 is 0 Å². The lowest BCUT2D eigenvalue weighted by molar-refractivity contribution is 0.866. The summed E-state index contributed by atoms with van der Waals surface area (Å²) in [5, 5.41) is 1.24. The number of nitrogens with one attached hydrogen (secondary N) is 1. The van der Waals surface area contributed by atoms with Crippen molar-refractivity contribution in [1.82, 2.24) is 14.5 Å². The van der Waals surface area contributed by atoms with Gasteiger partial charge in [0.1, 0.15) is 5.82 Å². The van der Waals surface area contributed by atoms with Gasteiger partial charge in [0, 0.05) is 29.7 Å². The number of aryl methyl sites for hydroxylation is 1. The Morgan fingerprint density at radius 1 is 1.25 bits per heavy atom. The summed E-state index contributed by atoms with van der Waals surface area (Å²) >= 11 is 0. The van der Waals surface area contributed by atoms with Crippen LogP contribution in [0.15, 0.2) is 36.7 Å². The molecule has 3 aromatic rings. The Balaban J connectivity index is 2.33. The fourth-order valence-corrected chi connectivity index (χ4v) is 2.06. The number of hydrogen-bond donors (Lipinski definition) is 1. The van der Waals surface area contributed by atoms with Crippen molar-refractivity contribution in [1.29, 1.82) is 0 Å². The van der Waals surface area contributed by atoms with Gasteiger partial charge in [0.2, 0.25) is 0 Å². The van der Waals surface area contributed by atoms with E-state index in [0.717, 1.165) is 17.0 Å². The van der Waals surface area contributed by atoms with Crippen LogP contribution in [0.1, 0.15) is 5.82 Å². The third-order valence-electron chi connectivity index (χ3n) is 3.09. The second-order valence-electron chi connectivity index (χ2n) is 3.99. The average molecular weight is 211 g/mol. The molecule has 0 fully saturated rings. The maximum absolute atomic E-state index is 4.34. The van der Waals surface area contributed by atoms with Crippen LogP contribution in [-0.2, 0) is 7.05 Å². The number of fused-ring (bicyclic) bond motifs is 1. The van der Waals surface area contributed by atoms with E-state index in [9.17, 15) is 0 Å². The lowest BCUT2D eigenvalue weighted by atomic mass is 10.1. The Bertz CT molecular complexity index is 646. The summed E-state index contributed by atoms with van der Waals surface area (Å²) in [6.07, 6.45) is 3.90. The monoisotopic (exact) mass is 211 g/mol. The number of aromatic nitrogens is 3. The third-order valence-corrected chi connectivity index (χ3v) is 3.09. The lowest BCUT2D eigenvalue weighted by Crippen LogP contribution is -1.94. The van der Waals surface area contributed by atoms with Crippen molar-refractivity contribution in [2.45, 2.75) is 6.92 Å². The van der Waals surface area contributed by atoms with E-state index in [4.69, 9.17) is 0 Å². The van der Waals surface area contributed by atoms with Crippen molar-refractivity contribution in [3.05, 3.63) is 42.5 Å². The van der Waals surface area contributed by atoms with Crippen LogP contribution in [-0.4, -0.2) is 14.5 Å². The van der Waals surface area contributed by atoms with Gasteiger partial charge in [-0.25, -0.2) is 4.98 Å². The molecule has 0 aliphatic heterocycles. The van der Waals surface area contributed by atoms with Gasteiger partial charge in [0.05, 0.1) is 11.9 Å². The van der Waals surface area contributed by atoms with E-state index in [0.29, 0.717) is 0 Å². The van der Waals surface area contributed by atoms with Gasteiger partial charge in [-0.1, -0.05) is 12.1 Å². The number of benzene rings is 1. The average Bonchev–Trinajstić information content (AvgIpc) is 2.87. The van der Waals surface area contributed by atoms with Crippen molar-refractivity contribution in [3.63, 3.8) is 0 Å². The molecule has 0 aliphatic rings. The quantitative estimate of drug-likeness (QED) is 0.659. The van der Waals surface area contributed by atoms with Gasteiger partial charge in [-0.15, -0.1) is 0 Å². The Kier molecular flexibility index (Phi) is 1.86. The molecule has 0 radical (unpaired) electrons. The third kappa shape index (κ3) is 1.18. The van der Waals surface area contributed by atoms with E-state index in [1.54, 1.807) is 0 Å². The molecule has 2 aromatic heterocycles. The second kappa shape index (κ2) is 3.23. The van der Waals surface area contributed by atoms with E-state index in [2.05, 4.69) is 38.8 Å². The molecule has 16 heavy (non-hydrogen) atoms. The molecule has 0 bridgehead atoms. The van der Waals surface area contributed by atoms with E-state index in [-0.39, 0.29) is 0 Å². The molecule has 0 saturated carbocycles. The molecule has 1 aromatic carbocycles. The summed E-state index contributed by atoms with van der Waals surface area (Å²) in [4.78, 5) is 7.56. The Morgan fingerprint density at radius 3 is 2.88 bits per heavy atom. The Morgan fingerprint density at radius 2 is 2.12 bits per heavy atom. The first-order chi connectivity index (χ1) is 7.77. The Labute approximate surface area is 93.7 Å². The van der Waals surface area contributed by atoms with Crippen LogP contribution in [0, 0.1) is 6.92 Å². The van der Waals surface area contributed by atoms with Crippen molar-refractivity contribution in [2.75, 3.05) is 0 Å². The number of hydrogen-bond acceptors (Lipinski definition) is 1. The molecule has 1 N–H and O–H groups in total. The van der Waals surface area contributed by atoms with Gasteiger partial charge in [0.15, 0.2) is 0 Å². The fourth-order valence-electron chi connectivity index (χ4n) is 2.06. The molecule has 0 spiro atoms. The van der Waals surface area contributed by atoms with Crippen LogP contribution >= 0.6 is 0 Å². The van der Waals surface area contributed by atoms with Crippen LogP contribution in [0.3, 0.4) is 0 Å². The molecule has 0 saturated heterocycles. The van der Waals surface area contributed by atoms with Crippen molar-refractivity contribution in [2.24, 2.45) is 7.05 Å². The minimum Gasteiger partial charge on any atom is -0.361 e. The van der Waals surface area contributed by atoms with Crippen LogP contribution in [0.4, 0.5) is 0 Å². The summed E-state index contributed by atoms with van der Waals surface area (Å²) in [7, 11) is 2.04. The largest absolute Gasteiger partial charge is 0.361 e. The van der Waals surface area contributed by atoms with Gasteiger partial charge >= 0.3 is 0 Å². The van der Waals surface area contributed by atoms with Crippen molar-refractivity contribution in [3.8, 4) is 11.3 Å². The van der Waals surface area contributed by atoms with Gasteiger partial charge in [0.25, 0.3) is 0 Å². The van der Waals surface area contributed by atoms with Gasteiger partial charge in [-0.05, 0) is 19.1 Å². The number of rotatable bonds is 1. The van der Waals surface area contributed by atoms with Crippen LogP contribution < -0.4 is 0 Å². The zero-order valence-corrected chi connectivity index (χ0v) is 9.36. The molecule has 0 unspecified atom stereocenters. The van der Waals surface area contributed by atoms with Crippen molar-refractivity contribution >= 4 is 10.9 Å². The van der Waals surface area contributed by atoms with Crippen LogP contribution in [0.25, 0.3) is 22.2 Å². The standard InChI is InChI=1S/C13H13N3/c1-9-15-8-13(16(9)2)11-4-3-5-12-10(11)6-7-14-12/h3-8,14H,1-2H3. The van der Waals surface area contributed by atoms with Gasteiger partial charge in [-0.3, -0.25) is 0 Å². The highest BCUT2D eigenvalue weighted by Crippen LogP contribution is 2.27. The molecule has 80 valence electrons. The first kappa shape index (κ1) is 9.21. The topological polar surface area (TPSA) is 33.6 Å². The number of aromatic amines is 1. The molecular formula is C13H13N3. The molecule has 2 heterocycles. The summed E-state index contributed by atoms with van der Waals surface area (Å²) in [6.45, 7) is 2.01. The number of H-pyrrole nitrogens is 1. The highest BCUT2D eigenvalue weighted by molar-refractivity contribution is 5.94. The smallest absolute Gasteiger partial charge is 0.105 e. The molecular weight excluding hydrogens is 198 g/mol. The second-order valence-corrected chi connectivity index (χ2v) is 3.99. The molecule has 0 aliphatic carbocycles. The molecule has 3 rings (SSSR count). The van der Waals surface area contributed by atoms with Gasteiger partial charge in [-0.2, -0.15) is 0 Å². The molecule has 3 nitrogen and oxygen atoms in total. The fraction of sp³-hybridized carbons (Fsp3) is 0.154. The zero-order chi connectivity index (χ0) is 11.1. The summed E-state index contributed by atoms with van der Waals surface area (Å²) in [5.41, 5.74) is 3.54. The first-order valence-electron chi connectivity index (χ1n) is 5.32. The zero-order valence-electron chi connectivity index (χ0n) is 9.36. The molecule has 3 heteroatoms. The first-order valence-corrected chi connectivity index (χ1v) is 5.32. The summed E-state index contributed by atoms with van der Waals surface area (Å²) < 4.78 is 2.11. The minimum absolute atomic E-state index is 1.03. The summed E-state index contributed by atoms with van der Waals surface area (Å²) in [6, 6.07) is 8.39. The lowest BCUT2D eigenvalue weighted by Gasteiger charge is -2.05. The van der Waals surface area contributed by atoms with E-state index in [1.165, 1.54) is 10.9 Å². The SMILES string of the molecule is Cc1ncc(-c2cccc3[nH]ccc23)n1C. The number of imidazole rings is 1. The van der Waals surface area contributed by atoms with E-state index < -0.39 is 0 Å². The number of nitrogens with zero attached hydrogens (tertiary/aromatic N) is 2. The summed E-state index contributed by atoms with van der Waals surface area (Å²) in [5.74, 6) is 1.03. The maximum Gasteiger partial charge on any atom is 0.105 e. The van der Waals surface area contributed by atoms with E-state index in [1.807, 2.05) is 26.4 Å². The van der Waals surface area contributed by atoms with E-state index >= 15 is 0 Å². The van der Waals surface area contributed by atoms with Crippen LogP contribution in [0.2, 0.25) is 0 Å². The van der Waals surface area contributed by atoms with Crippen LogP contribution in [0.5, 0.6) is 0 Å². The molecule has 0 atom stereocenters. The predicted octanol–water partition coefficient (Wildman–Crippen LogP) is 2.88. The predicted molar refractivity (Wildman–Crippen MR) is 65.2 cm³/mol. The highest BCUT2D eigenvalue weighted by atomic mass is 15.0. The Hall–Kier alpha value is -2.03. The van der Waals surface area contributed by atoms with Gasteiger partial charge < -0.3 is 9.55 Å². The maximum atomic E-state index is 4.34.